The van der Waals surface area contributed by atoms with Crippen LogP contribution in [-0.4, -0.2) is 41.2 Å². The van der Waals surface area contributed by atoms with E-state index in [1.165, 1.54) is 6.42 Å². The van der Waals surface area contributed by atoms with Crippen LogP contribution in [0.15, 0.2) is 30.3 Å². The fourth-order valence-corrected chi connectivity index (χ4v) is 3.57. The normalized spacial score (nSPS) is 28.6. The maximum Gasteiger partial charge on any atom is 0.248 e. The molecular weight excluding hydrogens is 278 g/mol. The topological polar surface area (TPSA) is 49.8 Å². The lowest BCUT2D eigenvalue weighted by molar-refractivity contribution is -0.137. The minimum atomic E-state index is -0.687. The van der Waals surface area contributed by atoms with Crippen LogP contribution in [0.3, 0.4) is 0 Å². The summed E-state index contributed by atoms with van der Waals surface area (Å²) in [6, 6.07) is 9.85. The highest BCUT2D eigenvalue weighted by Crippen LogP contribution is 2.44. The fourth-order valence-electron chi connectivity index (χ4n) is 3.57. The zero-order valence-corrected chi connectivity index (χ0v) is 13.2. The van der Waals surface area contributed by atoms with Crippen molar-refractivity contribution in [1.82, 2.24) is 4.90 Å². The maximum atomic E-state index is 12.3. The van der Waals surface area contributed by atoms with E-state index in [9.17, 15) is 9.90 Å². The van der Waals surface area contributed by atoms with Gasteiger partial charge in [-0.2, -0.15) is 0 Å². The molecule has 120 valence electrons. The smallest absolute Gasteiger partial charge is 0.248 e. The molecule has 1 aliphatic carbocycles. The van der Waals surface area contributed by atoms with Crippen molar-refractivity contribution in [3.63, 3.8) is 0 Å². The molecule has 4 heteroatoms. The highest BCUT2D eigenvalue weighted by Gasteiger charge is 2.50. The Labute approximate surface area is 132 Å². The van der Waals surface area contributed by atoms with E-state index < -0.39 is 5.60 Å². The van der Waals surface area contributed by atoms with Gasteiger partial charge in [-0.25, -0.2) is 0 Å². The molecule has 1 N–H and O–H groups in total. The minimum absolute atomic E-state index is 0.0157. The molecule has 2 atom stereocenters. The number of amides is 1. The molecule has 2 fully saturated rings. The molecule has 22 heavy (non-hydrogen) atoms. The molecule has 3 rings (SSSR count). The Morgan fingerprint density at radius 1 is 1.36 bits per heavy atom. The third-order valence-corrected chi connectivity index (χ3v) is 5.29. The first kappa shape index (κ1) is 15.5. The van der Waals surface area contributed by atoms with Crippen molar-refractivity contribution in [3.05, 3.63) is 35.9 Å². The fraction of sp³-hybridized carbons (Fsp3) is 0.611. The lowest BCUT2D eigenvalue weighted by Crippen LogP contribution is -2.48. The molecule has 1 aliphatic heterocycles. The van der Waals surface area contributed by atoms with Gasteiger partial charge < -0.3 is 14.7 Å². The van der Waals surface area contributed by atoms with Crippen LogP contribution in [0.5, 0.6) is 0 Å². The van der Waals surface area contributed by atoms with Crippen molar-refractivity contribution < 1.29 is 14.6 Å². The average molecular weight is 303 g/mol. The maximum absolute atomic E-state index is 12.3. The van der Waals surface area contributed by atoms with Crippen LogP contribution >= 0.6 is 0 Å². The number of benzene rings is 1. The summed E-state index contributed by atoms with van der Waals surface area (Å²) in [5.74, 6) is 0.499. The summed E-state index contributed by atoms with van der Waals surface area (Å²) in [6.45, 7) is 3.69. The summed E-state index contributed by atoms with van der Waals surface area (Å²) >= 11 is 0. The Bertz CT molecular complexity index is 514. The summed E-state index contributed by atoms with van der Waals surface area (Å²) in [4.78, 5) is 14.1. The number of carbonyl (C=O) groups excluding carboxylic acids is 1. The second-order valence-electron chi connectivity index (χ2n) is 6.77. The first-order chi connectivity index (χ1) is 10.6. The van der Waals surface area contributed by atoms with E-state index in [-0.39, 0.29) is 18.4 Å². The van der Waals surface area contributed by atoms with E-state index in [4.69, 9.17) is 4.74 Å². The van der Waals surface area contributed by atoms with Gasteiger partial charge in [-0.1, -0.05) is 43.7 Å². The van der Waals surface area contributed by atoms with Gasteiger partial charge in [0.15, 0.2) is 0 Å². The lowest BCUT2D eigenvalue weighted by atomic mass is 9.69. The molecule has 0 aromatic heterocycles. The van der Waals surface area contributed by atoms with Crippen LogP contribution in [-0.2, 0) is 16.1 Å². The van der Waals surface area contributed by atoms with Gasteiger partial charge in [0, 0.05) is 12.5 Å². The average Bonchev–Trinajstić information content (AvgIpc) is 2.74. The van der Waals surface area contributed by atoms with E-state index >= 15 is 0 Å². The Morgan fingerprint density at radius 3 is 2.73 bits per heavy atom. The van der Waals surface area contributed by atoms with Gasteiger partial charge in [0.25, 0.3) is 0 Å². The van der Waals surface area contributed by atoms with E-state index in [1.54, 1.807) is 4.90 Å². The summed E-state index contributed by atoms with van der Waals surface area (Å²) in [5.41, 5.74) is 0.379. The van der Waals surface area contributed by atoms with Crippen molar-refractivity contribution in [3.8, 4) is 0 Å². The van der Waals surface area contributed by atoms with Crippen molar-refractivity contribution in [2.45, 2.75) is 38.4 Å². The molecule has 0 spiro atoms. The molecule has 0 bridgehead atoms. The van der Waals surface area contributed by atoms with Gasteiger partial charge >= 0.3 is 0 Å². The largest absolute Gasteiger partial charge is 0.387 e. The Morgan fingerprint density at radius 2 is 2.09 bits per heavy atom. The van der Waals surface area contributed by atoms with Crippen LogP contribution < -0.4 is 0 Å². The number of likely N-dealkylation sites (tertiary alicyclic amines) is 1. The summed E-state index contributed by atoms with van der Waals surface area (Å²) in [5, 5.41) is 10.9. The Kier molecular flexibility index (Phi) is 4.50. The second kappa shape index (κ2) is 6.39. The van der Waals surface area contributed by atoms with E-state index in [0.717, 1.165) is 18.4 Å². The zero-order valence-electron chi connectivity index (χ0n) is 13.2. The molecule has 1 heterocycles. The van der Waals surface area contributed by atoms with Crippen molar-refractivity contribution in [1.29, 1.82) is 0 Å². The first-order valence-electron chi connectivity index (χ1n) is 8.21. The van der Waals surface area contributed by atoms with Crippen LogP contribution in [0.2, 0.25) is 0 Å². The van der Waals surface area contributed by atoms with Crippen molar-refractivity contribution in [2.75, 3.05) is 19.7 Å². The number of nitrogens with zero attached hydrogens (tertiary/aromatic N) is 1. The predicted octanol–water partition coefficient (Wildman–Crippen LogP) is 2.21. The standard InChI is InChI=1S/C18H25NO3/c1-14-10-19(13-18(14,21)16-8-5-9-16)17(20)12-22-11-15-6-3-2-4-7-15/h2-4,6-7,14,16,21H,5,8-13H2,1H3/t14-,18+/m1/s1. The highest BCUT2D eigenvalue weighted by molar-refractivity contribution is 5.78. The molecule has 1 aromatic rings. The summed E-state index contributed by atoms with van der Waals surface area (Å²) in [6.07, 6.45) is 3.38. The third-order valence-electron chi connectivity index (χ3n) is 5.29. The molecular formula is C18H25NO3. The van der Waals surface area contributed by atoms with Gasteiger partial charge in [-0.15, -0.1) is 0 Å². The molecule has 0 radical (unpaired) electrons. The summed E-state index contributed by atoms with van der Waals surface area (Å²) < 4.78 is 5.53. The number of aliphatic hydroxyl groups is 1. The molecule has 4 nitrogen and oxygen atoms in total. The van der Waals surface area contributed by atoms with Crippen molar-refractivity contribution >= 4 is 5.91 Å². The highest BCUT2D eigenvalue weighted by atomic mass is 16.5. The van der Waals surface area contributed by atoms with Gasteiger partial charge in [-0.05, 0) is 24.3 Å². The lowest BCUT2D eigenvalue weighted by Gasteiger charge is -2.41. The van der Waals surface area contributed by atoms with Gasteiger partial charge in [0.05, 0.1) is 18.8 Å². The first-order valence-corrected chi connectivity index (χ1v) is 8.21. The third kappa shape index (κ3) is 3.03. The van der Waals surface area contributed by atoms with Gasteiger partial charge in [0.2, 0.25) is 5.91 Å². The molecule has 1 saturated carbocycles. The number of carbonyl (C=O) groups is 1. The Hall–Kier alpha value is -1.39. The van der Waals surface area contributed by atoms with Gasteiger partial charge in [-0.3, -0.25) is 4.79 Å². The predicted molar refractivity (Wildman–Crippen MR) is 84.1 cm³/mol. The number of ether oxygens (including phenoxy) is 1. The van der Waals surface area contributed by atoms with Crippen LogP contribution in [0.4, 0.5) is 0 Å². The molecule has 2 aliphatic rings. The summed E-state index contributed by atoms with van der Waals surface area (Å²) in [7, 11) is 0. The quantitative estimate of drug-likeness (QED) is 0.907. The van der Waals surface area contributed by atoms with Crippen molar-refractivity contribution in [2.24, 2.45) is 11.8 Å². The zero-order chi connectivity index (χ0) is 15.6. The van der Waals surface area contributed by atoms with Crippen LogP contribution in [0, 0.1) is 11.8 Å². The van der Waals surface area contributed by atoms with E-state index in [0.29, 0.717) is 25.6 Å². The second-order valence-corrected chi connectivity index (χ2v) is 6.77. The van der Waals surface area contributed by atoms with Gasteiger partial charge in [0.1, 0.15) is 6.61 Å². The number of rotatable bonds is 5. The molecule has 1 aromatic carbocycles. The molecule has 0 unspecified atom stereocenters. The van der Waals surface area contributed by atoms with E-state index in [2.05, 4.69) is 6.92 Å². The minimum Gasteiger partial charge on any atom is -0.387 e. The SMILES string of the molecule is C[C@@H]1CN(C(=O)COCc2ccccc2)C[C@@]1(O)C1CCC1. The Balaban J connectivity index is 1.49. The number of β-amino-alcohol motifs (C(OH)–C–C–N with tert-alkyl or cyclic N) is 1. The number of hydrogen-bond acceptors (Lipinski definition) is 3. The van der Waals surface area contributed by atoms with Crippen LogP contribution in [0.25, 0.3) is 0 Å². The van der Waals surface area contributed by atoms with Crippen LogP contribution in [0.1, 0.15) is 31.7 Å². The number of hydrogen-bond donors (Lipinski definition) is 1. The van der Waals surface area contributed by atoms with E-state index in [1.807, 2.05) is 30.3 Å². The monoisotopic (exact) mass is 303 g/mol. The molecule has 1 saturated heterocycles. The molecule has 1 amide bonds.